The second kappa shape index (κ2) is 5.89. The molecule has 0 fully saturated rings. The van der Waals surface area contributed by atoms with Crippen molar-refractivity contribution in [2.75, 3.05) is 26.0 Å². The lowest BCUT2D eigenvalue weighted by molar-refractivity contribution is 0.0526. The third-order valence-corrected chi connectivity index (χ3v) is 2.05. The summed E-state index contributed by atoms with van der Waals surface area (Å²) in [5.41, 5.74) is 1.10. The summed E-state index contributed by atoms with van der Waals surface area (Å²) in [4.78, 5) is 24.2. The van der Waals surface area contributed by atoms with E-state index in [1.165, 1.54) is 4.90 Å². The molecule has 0 heterocycles. The number of rotatable bonds is 3. The first-order chi connectivity index (χ1) is 8.04. The van der Waals surface area contributed by atoms with Crippen LogP contribution in [0.25, 0.3) is 0 Å². The summed E-state index contributed by atoms with van der Waals surface area (Å²) < 4.78 is 4.85. The van der Waals surface area contributed by atoms with Gasteiger partial charge in [0.2, 0.25) is 0 Å². The van der Waals surface area contributed by atoms with Crippen molar-refractivity contribution in [3.8, 4) is 0 Å². The molecule has 17 heavy (non-hydrogen) atoms. The van der Waals surface area contributed by atoms with E-state index in [4.69, 9.17) is 4.74 Å². The van der Waals surface area contributed by atoms with E-state index in [9.17, 15) is 9.59 Å². The van der Waals surface area contributed by atoms with Crippen LogP contribution in [0.2, 0.25) is 0 Å². The van der Waals surface area contributed by atoms with Gasteiger partial charge in [0.15, 0.2) is 0 Å². The number of esters is 1. The van der Waals surface area contributed by atoms with E-state index in [1.807, 2.05) is 0 Å². The van der Waals surface area contributed by atoms with Crippen LogP contribution in [-0.4, -0.2) is 37.6 Å². The number of nitrogens with one attached hydrogen (secondary N) is 1. The Bertz CT molecular complexity index is 399. The molecule has 0 saturated heterocycles. The van der Waals surface area contributed by atoms with E-state index in [-0.39, 0.29) is 12.0 Å². The van der Waals surface area contributed by atoms with Crippen LogP contribution in [0, 0.1) is 0 Å². The third-order valence-electron chi connectivity index (χ3n) is 2.05. The molecule has 0 aliphatic heterocycles. The van der Waals surface area contributed by atoms with Crippen LogP contribution in [-0.2, 0) is 4.74 Å². The fourth-order valence-electron chi connectivity index (χ4n) is 1.14. The van der Waals surface area contributed by atoms with Crippen molar-refractivity contribution >= 4 is 17.7 Å². The number of benzene rings is 1. The molecule has 2 amide bonds. The molecule has 0 radical (unpaired) electrons. The van der Waals surface area contributed by atoms with Gasteiger partial charge in [-0.2, -0.15) is 0 Å². The van der Waals surface area contributed by atoms with E-state index in [1.54, 1.807) is 45.3 Å². The quantitative estimate of drug-likeness (QED) is 0.816. The predicted octanol–water partition coefficient (Wildman–Crippen LogP) is 1.96. The number of anilines is 1. The molecule has 5 heteroatoms. The lowest BCUT2D eigenvalue weighted by atomic mass is 10.2. The van der Waals surface area contributed by atoms with Gasteiger partial charge in [0, 0.05) is 19.8 Å². The highest BCUT2D eigenvalue weighted by Crippen LogP contribution is 2.10. The highest BCUT2D eigenvalue weighted by molar-refractivity contribution is 5.92. The maximum absolute atomic E-state index is 11.4. The molecule has 0 aliphatic rings. The number of hydrogen-bond acceptors (Lipinski definition) is 3. The molecule has 0 spiro atoms. The van der Waals surface area contributed by atoms with Crippen molar-refractivity contribution < 1.29 is 14.3 Å². The Kier molecular flexibility index (Phi) is 4.51. The van der Waals surface area contributed by atoms with Crippen LogP contribution in [0.4, 0.5) is 10.5 Å². The van der Waals surface area contributed by atoms with Gasteiger partial charge in [0.1, 0.15) is 0 Å². The standard InChI is InChI=1S/C12H16N2O3/c1-4-17-11(15)9-5-7-10(8-6-9)13-12(16)14(2)3/h5-8H,4H2,1-3H3,(H,13,16). The van der Waals surface area contributed by atoms with Gasteiger partial charge in [-0.1, -0.05) is 0 Å². The van der Waals surface area contributed by atoms with Crippen LogP contribution in [0.1, 0.15) is 17.3 Å². The molecule has 92 valence electrons. The van der Waals surface area contributed by atoms with Crippen molar-refractivity contribution in [2.24, 2.45) is 0 Å². The normalized spacial score (nSPS) is 9.59. The highest BCUT2D eigenvalue weighted by atomic mass is 16.5. The fraction of sp³-hybridized carbons (Fsp3) is 0.333. The zero-order valence-corrected chi connectivity index (χ0v) is 10.2. The van der Waals surface area contributed by atoms with Crippen molar-refractivity contribution in [3.63, 3.8) is 0 Å². The number of carbonyl (C=O) groups is 2. The first-order valence-electron chi connectivity index (χ1n) is 5.30. The average molecular weight is 236 g/mol. The molecule has 5 nitrogen and oxygen atoms in total. The lowest BCUT2D eigenvalue weighted by Crippen LogP contribution is -2.27. The molecule has 1 aromatic carbocycles. The first kappa shape index (κ1) is 13.0. The molecule has 1 N–H and O–H groups in total. The smallest absolute Gasteiger partial charge is 0.338 e. The van der Waals surface area contributed by atoms with E-state index >= 15 is 0 Å². The second-order valence-electron chi connectivity index (χ2n) is 3.62. The molecular formula is C12H16N2O3. The minimum Gasteiger partial charge on any atom is -0.462 e. The molecule has 0 aromatic heterocycles. The third kappa shape index (κ3) is 3.79. The topological polar surface area (TPSA) is 58.6 Å². The van der Waals surface area contributed by atoms with Gasteiger partial charge in [-0.3, -0.25) is 0 Å². The van der Waals surface area contributed by atoms with Gasteiger partial charge in [-0.05, 0) is 31.2 Å². The maximum Gasteiger partial charge on any atom is 0.338 e. The highest BCUT2D eigenvalue weighted by Gasteiger charge is 2.07. The van der Waals surface area contributed by atoms with Gasteiger partial charge in [0.05, 0.1) is 12.2 Å². The molecule has 1 aromatic rings. The van der Waals surface area contributed by atoms with Crippen molar-refractivity contribution in [3.05, 3.63) is 29.8 Å². The summed E-state index contributed by atoms with van der Waals surface area (Å²) in [7, 11) is 3.31. The van der Waals surface area contributed by atoms with Gasteiger partial charge in [0.25, 0.3) is 0 Å². The monoisotopic (exact) mass is 236 g/mol. The number of carbonyl (C=O) groups excluding carboxylic acids is 2. The second-order valence-corrected chi connectivity index (χ2v) is 3.62. The number of hydrogen-bond donors (Lipinski definition) is 1. The van der Waals surface area contributed by atoms with Gasteiger partial charge in [-0.25, -0.2) is 9.59 Å². The minimum absolute atomic E-state index is 0.214. The van der Waals surface area contributed by atoms with E-state index in [0.29, 0.717) is 17.9 Å². The number of ether oxygens (including phenoxy) is 1. The Balaban J connectivity index is 2.68. The van der Waals surface area contributed by atoms with Gasteiger partial charge < -0.3 is 15.0 Å². The Hall–Kier alpha value is -2.04. The number of urea groups is 1. The molecular weight excluding hydrogens is 220 g/mol. The van der Waals surface area contributed by atoms with Gasteiger partial charge >= 0.3 is 12.0 Å². The Morgan fingerprint density at radius 2 is 1.82 bits per heavy atom. The fourth-order valence-corrected chi connectivity index (χ4v) is 1.14. The number of nitrogens with zero attached hydrogens (tertiary/aromatic N) is 1. The molecule has 1 rings (SSSR count). The van der Waals surface area contributed by atoms with Crippen molar-refractivity contribution in [1.82, 2.24) is 4.90 Å². The number of amides is 2. The van der Waals surface area contributed by atoms with Crippen molar-refractivity contribution in [2.45, 2.75) is 6.92 Å². The Labute approximate surface area is 100 Å². The van der Waals surface area contributed by atoms with Crippen LogP contribution in [0.15, 0.2) is 24.3 Å². The van der Waals surface area contributed by atoms with E-state index in [2.05, 4.69) is 5.32 Å². The zero-order chi connectivity index (χ0) is 12.8. The van der Waals surface area contributed by atoms with Gasteiger partial charge in [-0.15, -0.1) is 0 Å². The van der Waals surface area contributed by atoms with Crippen molar-refractivity contribution in [1.29, 1.82) is 0 Å². The van der Waals surface area contributed by atoms with E-state index in [0.717, 1.165) is 0 Å². The SMILES string of the molecule is CCOC(=O)c1ccc(NC(=O)N(C)C)cc1. The summed E-state index contributed by atoms with van der Waals surface area (Å²) in [6.45, 7) is 2.10. The molecule has 0 aliphatic carbocycles. The first-order valence-corrected chi connectivity index (χ1v) is 5.30. The minimum atomic E-state index is -0.363. The van der Waals surface area contributed by atoms with Crippen LogP contribution in [0.5, 0.6) is 0 Å². The molecule has 0 unspecified atom stereocenters. The Morgan fingerprint density at radius 1 is 1.24 bits per heavy atom. The average Bonchev–Trinajstić information content (AvgIpc) is 2.30. The van der Waals surface area contributed by atoms with Crippen LogP contribution in [0.3, 0.4) is 0 Å². The molecule has 0 saturated carbocycles. The Morgan fingerprint density at radius 3 is 2.29 bits per heavy atom. The summed E-state index contributed by atoms with van der Waals surface area (Å²) >= 11 is 0. The lowest BCUT2D eigenvalue weighted by Gasteiger charge is -2.12. The van der Waals surface area contributed by atoms with E-state index < -0.39 is 0 Å². The summed E-state index contributed by atoms with van der Waals surface area (Å²) in [5.74, 6) is -0.363. The molecule has 0 atom stereocenters. The van der Waals surface area contributed by atoms with Crippen LogP contribution < -0.4 is 5.32 Å². The molecule has 0 bridgehead atoms. The summed E-state index contributed by atoms with van der Waals surface area (Å²) in [6, 6.07) is 6.34. The summed E-state index contributed by atoms with van der Waals surface area (Å²) in [5, 5.41) is 2.67. The van der Waals surface area contributed by atoms with Crippen LogP contribution >= 0.6 is 0 Å². The largest absolute Gasteiger partial charge is 0.462 e. The summed E-state index contributed by atoms with van der Waals surface area (Å²) in [6.07, 6.45) is 0. The predicted molar refractivity (Wildman–Crippen MR) is 65.1 cm³/mol. The maximum atomic E-state index is 11.4. The zero-order valence-electron chi connectivity index (χ0n) is 10.2.